The lowest BCUT2D eigenvalue weighted by Crippen LogP contribution is -2.54. The highest BCUT2D eigenvalue weighted by Crippen LogP contribution is 2.51. The third-order valence-electron chi connectivity index (χ3n) is 6.57. The first-order chi connectivity index (χ1) is 15.8. The lowest BCUT2D eigenvalue weighted by molar-refractivity contribution is -0.150. The van der Waals surface area contributed by atoms with Gasteiger partial charge in [-0.3, -0.25) is 9.59 Å². The Kier molecular flexibility index (Phi) is 7.22. The van der Waals surface area contributed by atoms with Crippen molar-refractivity contribution in [1.82, 2.24) is 9.88 Å². The molecule has 1 aliphatic rings. The third-order valence-corrected chi connectivity index (χ3v) is 7.18. The second kappa shape index (κ2) is 9.49. The van der Waals surface area contributed by atoms with Gasteiger partial charge in [-0.1, -0.05) is 40.7 Å². The standard InChI is InChI=1S/C26H34N2O5S/c1-15(2)11-26(24(31)32)12-18(16(3)29)22(20-13-34-14-27-20)28(26)23(30)17-8-9-19(25(4,5)6)21(10-17)33-7/h8-10,13-15,18,22H,11-12H2,1-7H3,(H,31,32)/t18-,22+,26-/m0/s1. The number of thiazole rings is 1. The zero-order chi connectivity index (χ0) is 25.4. The lowest BCUT2D eigenvalue weighted by Gasteiger charge is -2.39. The van der Waals surface area contributed by atoms with Crippen molar-refractivity contribution in [3.63, 3.8) is 0 Å². The smallest absolute Gasteiger partial charge is 0.329 e. The molecule has 3 rings (SSSR count). The summed E-state index contributed by atoms with van der Waals surface area (Å²) in [5, 5.41) is 12.3. The molecule has 1 aromatic heterocycles. The average Bonchev–Trinajstić information content (AvgIpc) is 3.38. The maximum absolute atomic E-state index is 14.1. The highest BCUT2D eigenvalue weighted by molar-refractivity contribution is 7.07. The molecule has 184 valence electrons. The number of likely N-dealkylation sites (tertiary alicyclic amines) is 1. The number of aromatic nitrogens is 1. The Labute approximate surface area is 205 Å². The number of nitrogens with zero attached hydrogens (tertiary/aromatic N) is 2. The molecule has 34 heavy (non-hydrogen) atoms. The molecule has 2 heterocycles. The number of carbonyl (C=O) groups is 3. The topological polar surface area (TPSA) is 96.8 Å². The zero-order valence-electron chi connectivity index (χ0n) is 20.9. The van der Waals surface area contributed by atoms with Crippen LogP contribution in [0.1, 0.15) is 82.0 Å². The van der Waals surface area contributed by atoms with Gasteiger partial charge in [0, 0.05) is 16.9 Å². The van der Waals surface area contributed by atoms with Crippen molar-refractivity contribution in [3.8, 4) is 5.75 Å². The van der Waals surface area contributed by atoms with Crippen molar-refractivity contribution in [2.45, 2.75) is 71.4 Å². The van der Waals surface area contributed by atoms with E-state index >= 15 is 0 Å². The molecule has 3 atom stereocenters. The van der Waals surface area contributed by atoms with E-state index in [1.807, 2.05) is 19.9 Å². The van der Waals surface area contributed by atoms with Gasteiger partial charge in [0.15, 0.2) is 0 Å². The Bertz CT molecular complexity index is 1070. The monoisotopic (exact) mass is 486 g/mol. The second-order valence-electron chi connectivity index (χ2n) is 10.6. The second-order valence-corrected chi connectivity index (χ2v) is 11.3. The van der Waals surface area contributed by atoms with Crippen LogP contribution in [0.3, 0.4) is 0 Å². The number of carbonyl (C=O) groups excluding carboxylic acids is 2. The van der Waals surface area contributed by atoms with Gasteiger partial charge in [-0.05, 0) is 48.8 Å². The molecule has 0 saturated carbocycles. The largest absolute Gasteiger partial charge is 0.496 e. The first kappa shape index (κ1) is 25.9. The number of hydrogen-bond donors (Lipinski definition) is 1. The molecule has 1 aromatic carbocycles. The van der Waals surface area contributed by atoms with Crippen molar-refractivity contribution in [2.75, 3.05) is 7.11 Å². The van der Waals surface area contributed by atoms with Gasteiger partial charge in [-0.15, -0.1) is 11.3 Å². The summed E-state index contributed by atoms with van der Waals surface area (Å²) in [7, 11) is 1.55. The van der Waals surface area contributed by atoms with E-state index in [9.17, 15) is 19.5 Å². The van der Waals surface area contributed by atoms with Crippen molar-refractivity contribution in [2.24, 2.45) is 11.8 Å². The average molecular weight is 487 g/mol. The fourth-order valence-corrected chi connectivity index (χ4v) is 5.71. The van der Waals surface area contributed by atoms with Gasteiger partial charge < -0.3 is 14.7 Å². The van der Waals surface area contributed by atoms with E-state index in [0.29, 0.717) is 17.0 Å². The summed E-state index contributed by atoms with van der Waals surface area (Å²) in [6.45, 7) is 11.5. The lowest BCUT2D eigenvalue weighted by atomic mass is 9.82. The molecule has 1 fully saturated rings. The SMILES string of the molecule is COc1cc(C(=O)N2[C@@H](c3cscn3)[C@H](C(C)=O)C[C@@]2(CC(C)C)C(=O)O)ccc1C(C)(C)C. The van der Waals surface area contributed by atoms with Crippen LogP contribution < -0.4 is 4.74 Å². The van der Waals surface area contributed by atoms with Crippen LogP contribution in [0.4, 0.5) is 0 Å². The van der Waals surface area contributed by atoms with Crippen LogP contribution >= 0.6 is 11.3 Å². The number of benzene rings is 1. The van der Waals surface area contributed by atoms with E-state index in [1.165, 1.54) is 23.2 Å². The van der Waals surface area contributed by atoms with Crippen molar-refractivity contribution >= 4 is 29.0 Å². The molecule has 7 nitrogen and oxygen atoms in total. The number of ketones is 1. The normalized spacial score (nSPS) is 22.8. The number of methoxy groups -OCH3 is 1. The number of amides is 1. The summed E-state index contributed by atoms with van der Waals surface area (Å²) >= 11 is 1.36. The van der Waals surface area contributed by atoms with Crippen LogP contribution in [0.5, 0.6) is 5.75 Å². The fourth-order valence-electron chi connectivity index (χ4n) is 5.13. The maximum atomic E-state index is 14.1. The number of hydrogen-bond acceptors (Lipinski definition) is 6. The number of carboxylic acids is 1. The van der Waals surface area contributed by atoms with Gasteiger partial charge in [-0.2, -0.15) is 0 Å². The van der Waals surface area contributed by atoms with Gasteiger partial charge in [0.2, 0.25) is 0 Å². The highest BCUT2D eigenvalue weighted by Gasteiger charge is 2.60. The van der Waals surface area contributed by atoms with Crippen molar-refractivity contribution in [3.05, 3.63) is 45.9 Å². The van der Waals surface area contributed by atoms with Crippen molar-refractivity contribution in [1.29, 1.82) is 0 Å². The summed E-state index contributed by atoms with van der Waals surface area (Å²) in [4.78, 5) is 45.5. The predicted octanol–water partition coefficient (Wildman–Crippen LogP) is 5.11. The van der Waals surface area contributed by atoms with E-state index in [0.717, 1.165) is 5.56 Å². The molecule has 1 aliphatic heterocycles. The van der Waals surface area contributed by atoms with Crippen LogP contribution in [0.2, 0.25) is 0 Å². The fraction of sp³-hybridized carbons (Fsp3) is 0.538. The molecule has 1 amide bonds. The van der Waals surface area contributed by atoms with Crippen LogP contribution in [-0.4, -0.2) is 45.3 Å². The quantitative estimate of drug-likeness (QED) is 0.584. The van der Waals surface area contributed by atoms with E-state index in [1.54, 1.807) is 30.1 Å². The van der Waals surface area contributed by atoms with Gasteiger partial charge in [0.05, 0.1) is 24.4 Å². The first-order valence-electron chi connectivity index (χ1n) is 11.5. The number of carboxylic acid groups (broad SMARTS) is 1. The summed E-state index contributed by atoms with van der Waals surface area (Å²) in [5.74, 6) is -1.79. The molecular formula is C26H34N2O5S. The van der Waals surface area contributed by atoms with Crippen LogP contribution in [0, 0.1) is 11.8 Å². The van der Waals surface area contributed by atoms with E-state index in [4.69, 9.17) is 4.74 Å². The molecule has 8 heteroatoms. The molecule has 0 aliphatic carbocycles. The molecule has 1 N–H and O–H groups in total. The zero-order valence-corrected chi connectivity index (χ0v) is 21.7. The summed E-state index contributed by atoms with van der Waals surface area (Å²) in [6.07, 6.45) is 0.288. The van der Waals surface area contributed by atoms with E-state index < -0.39 is 29.4 Å². The summed E-state index contributed by atoms with van der Waals surface area (Å²) in [5.41, 5.74) is 1.72. The Morgan fingerprint density at radius 2 is 1.97 bits per heavy atom. The van der Waals surface area contributed by atoms with Crippen LogP contribution in [0.25, 0.3) is 0 Å². The molecule has 0 spiro atoms. The summed E-state index contributed by atoms with van der Waals surface area (Å²) in [6, 6.07) is 4.49. The number of aliphatic carboxylic acids is 1. The van der Waals surface area contributed by atoms with Crippen LogP contribution in [0.15, 0.2) is 29.1 Å². The minimum Gasteiger partial charge on any atom is -0.496 e. The van der Waals surface area contributed by atoms with E-state index in [-0.39, 0.29) is 30.0 Å². The third kappa shape index (κ3) is 4.60. The summed E-state index contributed by atoms with van der Waals surface area (Å²) < 4.78 is 5.60. The Morgan fingerprint density at radius 3 is 2.44 bits per heavy atom. The predicted molar refractivity (Wildman–Crippen MR) is 131 cm³/mol. The molecule has 1 saturated heterocycles. The molecule has 0 unspecified atom stereocenters. The van der Waals surface area contributed by atoms with Crippen molar-refractivity contribution < 1.29 is 24.2 Å². The van der Waals surface area contributed by atoms with Gasteiger partial charge >= 0.3 is 5.97 Å². The first-order valence-corrected chi connectivity index (χ1v) is 12.4. The Hall–Kier alpha value is -2.74. The Balaban J connectivity index is 2.23. The van der Waals surface area contributed by atoms with E-state index in [2.05, 4.69) is 25.8 Å². The number of Topliss-reactive ketones (excluding diaryl/α,β-unsaturated/α-hetero) is 1. The van der Waals surface area contributed by atoms with Crippen LogP contribution in [-0.2, 0) is 15.0 Å². The number of rotatable bonds is 7. The molecular weight excluding hydrogens is 452 g/mol. The molecule has 0 bridgehead atoms. The Morgan fingerprint density at radius 1 is 1.29 bits per heavy atom. The van der Waals surface area contributed by atoms with Gasteiger partial charge in [-0.25, -0.2) is 9.78 Å². The van der Waals surface area contributed by atoms with Gasteiger partial charge in [0.25, 0.3) is 5.91 Å². The highest BCUT2D eigenvalue weighted by atomic mass is 32.1. The number of ether oxygens (including phenoxy) is 1. The minimum atomic E-state index is -1.52. The molecule has 0 radical (unpaired) electrons. The van der Waals surface area contributed by atoms with Gasteiger partial charge in [0.1, 0.15) is 17.1 Å². The maximum Gasteiger partial charge on any atom is 0.329 e. The molecule has 2 aromatic rings. The minimum absolute atomic E-state index is 0.00834.